The van der Waals surface area contributed by atoms with Crippen LogP contribution in [-0.2, 0) is 4.18 Å². The van der Waals surface area contributed by atoms with Crippen molar-refractivity contribution in [2.24, 2.45) is 0 Å². The summed E-state index contributed by atoms with van der Waals surface area (Å²) in [4.78, 5) is 11.1. The highest BCUT2D eigenvalue weighted by molar-refractivity contribution is 9.12. The number of hydrogen-bond donors (Lipinski definition) is 1. The maximum Gasteiger partial charge on any atom is 0.363 e. The van der Waals surface area contributed by atoms with Crippen molar-refractivity contribution < 1.29 is 13.4 Å². The summed E-state index contributed by atoms with van der Waals surface area (Å²) in [6.07, 6.45) is 0. The summed E-state index contributed by atoms with van der Waals surface area (Å²) in [6.45, 7) is 0. The first-order chi connectivity index (χ1) is 7.06. The maximum atomic E-state index is 13.8. The molecule has 8 heteroatoms. The molecule has 0 aliphatic heterocycles. The molecule has 0 radical (unpaired) electrons. The predicted molar refractivity (Wildman–Crippen MR) is 69.5 cm³/mol. The molecule has 2 rings (SSSR count). The van der Waals surface area contributed by atoms with Crippen LogP contribution in [-0.4, -0.2) is 5.97 Å². The lowest BCUT2D eigenvalue weighted by molar-refractivity contribution is 0.0773. The highest BCUT2D eigenvalue weighted by atomic mass is 79.9. The number of hydrogen-bond acceptors (Lipinski definition) is 5. The van der Waals surface area contributed by atoms with Crippen molar-refractivity contribution in [3.05, 3.63) is 18.3 Å². The van der Waals surface area contributed by atoms with E-state index in [4.69, 9.17) is 0 Å². The fourth-order valence-corrected chi connectivity index (χ4v) is 5.65. The number of rotatable bonds is 1. The molecule has 0 fully saturated rings. The lowest BCUT2D eigenvalue weighted by Crippen LogP contribution is -1.96. The Hall–Kier alpha value is 0.370. The van der Waals surface area contributed by atoms with Crippen molar-refractivity contribution in [2.75, 3.05) is 0 Å². The van der Waals surface area contributed by atoms with Crippen LogP contribution < -0.4 is 0 Å². The predicted octanol–water partition coefficient (Wildman–Crippen LogP) is 4.63. The molecule has 0 amide bonds. The minimum absolute atomic E-state index is 0.0656. The Labute approximate surface area is 114 Å². The number of carbonyl (C=O) groups is 1. The Morgan fingerprint density at radius 1 is 1.33 bits per heavy atom. The standard InChI is InChI=1S/C7HBr2FO2S3/c8-5-1-2(10)4(7(11)12-13)14-3(1)6(9)15-5/h13H. The van der Waals surface area contributed by atoms with Gasteiger partial charge in [-0.15, -0.1) is 22.7 Å². The average Bonchev–Trinajstić information content (AvgIpc) is 2.67. The van der Waals surface area contributed by atoms with E-state index in [0.717, 1.165) is 15.1 Å². The van der Waals surface area contributed by atoms with Crippen LogP contribution in [0.2, 0.25) is 0 Å². The summed E-state index contributed by atoms with van der Waals surface area (Å²) >= 11 is 12.3. The third-order valence-electron chi connectivity index (χ3n) is 1.67. The molecule has 0 saturated carbocycles. The summed E-state index contributed by atoms with van der Waals surface area (Å²) < 4.78 is 20.1. The molecule has 2 heterocycles. The van der Waals surface area contributed by atoms with E-state index in [-0.39, 0.29) is 4.88 Å². The van der Waals surface area contributed by atoms with Crippen LogP contribution in [0.1, 0.15) is 9.67 Å². The highest BCUT2D eigenvalue weighted by Crippen LogP contribution is 2.45. The van der Waals surface area contributed by atoms with Gasteiger partial charge in [-0.3, -0.25) is 0 Å². The highest BCUT2D eigenvalue weighted by Gasteiger charge is 2.24. The molecule has 0 spiro atoms. The molecule has 2 aromatic heterocycles. The number of carbonyl (C=O) groups excluding carboxylic acids is 1. The quantitative estimate of drug-likeness (QED) is 0.566. The van der Waals surface area contributed by atoms with Crippen molar-refractivity contribution in [2.45, 2.75) is 0 Å². The molecule has 80 valence electrons. The minimum atomic E-state index is -0.777. The molecular formula is C7HBr2FO2S3. The zero-order chi connectivity index (χ0) is 11.2. The van der Waals surface area contributed by atoms with E-state index in [1.54, 1.807) is 0 Å². The van der Waals surface area contributed by atoms with Gasteiger partial charge >= 0.3 is 5.97 Å². The second-order valence-electron chi connectivity index (χ2n) is 2.48. The van der Waals surface area contributed by atoms with E-state index < -0.39 is 11.8 Å². The van der Waals surface area contributed by atoms with Gasteiger partial charge in [0.2, 0.25) is 0 Å². The summed E-state index contributed by atoms with van der Waals surface area (Å²) in [5.41, 5.74) is 0. The molecule has 0 aliphatic rings. The summed E-state index contributed by atoms with van der Waals surface area (Å²) in [6, 6.07) is 0. The summed E-state index contributed by atoms with van der Waals surface area (Å²) in [5.74, 6) is -1.34. The Morgan fingerprint density at radius 3 is 2.53 bits per heavy atom. The van der Waals surface area contributed by atoms with Crippen LogP contribution in [0.15, 0.2) is 7.57 Å². The molecule has 0 saturated heterocycles. The second kappa shape index (κ2) is 4.33. The minimum Gasteiger partial charge on any atom is -0.390 e. The first-order valence-electron chi connectivity index (χ1n) is 3.47. The lowest BCUT2D eigenvalue weighted by atomic mass is 10.3. The van der Waals surface area contributed by atoms with E-state index >= 15 is 0 Å². The van der Waals surface area contributed by atoms with Gasteiger partial charge in [-0.05, 0) is 31.9 Å². The normalized spacial score (nSPS) is 10.9. The van der Waals surface area contributed by atoms with Gasteiger partial charge in [0.05, 0.1) is 17.7 Å². The van der Waals surface area contributed by atoms with Gasteiger partial charge < -0.3 is 4.18 Å². The van der Waals surface area contributed by atoms with Gasteiger partial charge in [0.15, 0.2) is 10.7 Å². The largest absolute Gasteiger partial charge is 0.390 e. The molecule has 0 aromatic carbocycles. The SMILES string of the molecule is O=C(OS)c1sc2c(Br)sc(Br)c2c1F. The zero-order valence-corrected chi connectivity index (χ0v) is 12.4. The van der Waals surface area contributed by atoms with Gasteiger partial charge in [-0.2, -0.15) is 0 Å². The molecule has 0 aliphatic carbocycles. The third-order valence-corrected chi connectivity index (χ3v) is 5.92. The van der Waals surface area contributed by atoms with E-state index in [1.165, 1.54) is 11.3 Å². The van der Waals surface area contributed by atoms with Crippen molar-refractivity contribution >= 4 is 83.5 Å². The van der Waals surface area contributed by atoms with Crippen LogP contribution in [0.4, 0.5) is 4.39 Å². The van der Waals surface area contributed by atoms with Gasteiger partial charge in [0, 0.05) is 12.9 Å². The Kier molecular flexibility index (Phi) is 3.42. The molecule has 0 atom stereocenters. The van der Waals surface area contributed by atoms with Crippen LogP contribution in [0.5, 0.6) is 0 Å². The summed E-state index contributed by atoms with van der Waals surface area (Å²) in [5, 5.41) is 0.408. The van der Waals surface area contributed by atoms with E-state index in [2.05, 4.69) is 49.0 Å². The lowest BCUT2D eigenvalue weighted by Gasteiger charge is -1.92. The average molecular weight is 392 g/mol. The second-order valence-corrected chi connectivity index (χ2v) is 7.34. The van der Waals surface area contributed by atoms with Crippen LogP contribution >= 0.6 is 67.4 Å². The van der Waals surface area contributed by atoms with Gasteiger partial charge in [0.25, 0.3) is 0 Å². The van der Waals surface area contributed by atoms with Gasteiger partial charge in [0.1, 0.15) is 0 Å². The molecule has 15 heavy (non-hydrogen) atoms. The smallest absolute Gasteiger partial charge is 0.363 e. The van der Waals surface area contributed by atoms with Crippen molar-refractivity contribution in [3.63, 3.8) is 0 Å². The van der Waals surface area contributed by atoms with Crippen molar-refractivity contribution in [3.8, 4) is 0 Å². The first kappa shape index (κ1) is 11.8. The monoisotopic (exact) mass is 390 g/mol. The van der Waals surface area contributed by atoms with Gasteiger partial charge in [-0.25, -0.2) is 9.18 Å². The van der Waals surface area contributed by atoms with Crippen LogP contribution in [0.3, 0.4) is 0 Å². The molecular weight excluding hydrogens is 391 g/mol. The number of halogens is 3. The van der Waals surface area contributed by atoms with Crippen molar-refractivity contribution in [1.29, 1.82) is 0 Å². The summed E-state index contributed by atoms with van der Waals surface area (Å²) in [7, 11) is 0. The number of thiol groups is 1. The molecule has 2 nitrogen and oxygen atoms in total. The fraction of sp³-hybridized carbons (Fsp3) is 0. The van der Waals surface area contributed by atoms with E-state index in [1.807, 2.05) is 0 Å². The Balaban J connectivity index is 2.75. The first-order valence-corrected chi connectivity index (χ1v) is 7.06. The van der Waals surface area contributed by atoms with E-state index in [0.29, 0.717) is 13.9 Å². The van der Waals surface area contributed by atoms with Crippen LogP contribution in [0, 0.1) is 5.82 Å². The Bertz CT molecular complexity index is 548. The molecule has 0 bridgehead atoms. The third kappa shape index (κ3) is 1.86. The Morgan fingerprint density at radius 2 is 2.00 bits per heavy atom. The zero-order valence-electron chi connectivity index (χ0n) is 6.71. The molecule has 0 unspecified atom stereocenters. The van der Waals surface area contributed by atoms with Crippen LogP contribution in [0.25, 0.3) is 10.1 Å². The van der Waals surface area contributed by atoms with E-state index in [9.17, 15) is 9.18 Å². The van der Waals surface area contributed by atoms with Gasteiger partial charge in [-0.1, -0.05) is 0 Å². The maximum absolute atomic E-state index is 13.8. The van der Waals surface area contributed by atoms with Crippen molar-refractivity contribution in [1.82, 2.24) is 0 Å². The topological polar surface area (TPSA) is 26.3 Å². The number of fused-ring (bicyclic) bond motifs is 1. The number of thiophene rings is 2. The fourth-order valence-electron chi connectivity index (χ4n) is 1.07. The molecule has 2 aromatic rings. The molecule has 0 N–H and O–H groups in total.